The van der Waals surface area contributed by atoms with Crippen LogP contribution in [0.3, 0.4) is 0 Å². The lowest BCUT2D eigenvalue weighted by molar-refractivity contribution is 0.0930. The van der Waals surface area contributed by atoms with Gasteiger partial charge in [-0.25, -0.2) is 0 Å². The second-order valence-corrected chi connectivity index (χ2v) is 4.82. The molecule has 2 aromatic carbocycles. The molecule has 0 saturated carbocycles. The van der Waals surface area contributed by atoms with Crippen molar-refractivity contribution in [2.45, 2.75) is 19.4 Å². The van der Waals surface area contributed by atoms with Gasteiger partial charge in [-0.2, -0.15) is 0 Å². The van der Waals surface area contributed by atoms with Crippen LogP contribution in [0.5, 0.6) is 0 Å². The van der Waals surface area contributed by atoms with Crippen molar-refractivity contribution in [1.29, 1.82) is 0 Å². The van der Waals surface area contributed by atoms with E-state index in [1.807, 2.05) is 55.5 Å². The van der Waals surface area contributed by atoms with Crippen LogP contribution in [0.2, 0.25) is 0 Å². The number of carbonyl (C=O) groups excluding carboxylic acids is 1. The Labute approximate surface area is 119 Å². The number of aliphatic hydroxyl groups is 1. The van der Waals surface area contributed by atoms with Crippen LogP contribution in [0.4, 0.5) is 0 Å². The summed E-state index contributed by atoms with van der Waals surface area (Å²) in [4.78, 5) is 12.3. The summed E-state index contributed by atoms with van der Waals surface area (Å²) in [7, 11) is 0. The molecule has 1 amide bonds. The summed E-state index contributed by atoms with van der Waals surface area (Å²) >= 11 is 0. The Balaban J connectivity index is 2.14. The number of nitrogens with one attached hydrogen (secondary N) is 1. The molecule has 2 rings (SSSR count). The van der Waals surface area contributed by atoms with Crippen molar-refractivity contribution in [1.82, 2.24) is 5.32 Å². The molecule has 0 bridgehead atoms. The highest BCUT2D eigenvalue weighted by molar-refractivity contribution is 5.94. The summed E-state index contributed by atoms with van der Waals surface area (Å²) in [6, 6.07) is 17.0. The molecule has 1 atom stereocenters. The highest BCUT2D eigenvalue weighted by atomic mass is 16.3. The monoisotopic (exact) mass is 269 g/mol. The Morgan fingerprint density at radius 1 is 1.15 bits per heavy atom. The molecule has 1 unspecified atom stereocenters. The Kier molecular flexibility index (Phi) is 4.91. The maximum Gasteiger partial charge on any atom is 0.251 e. The molecule has 2 N–H and O–H groups in total. The molecule has 0 aliphatic carbocycles. The molecule has 0 aliphatic rings. The van der Waals surface area contributed by atoms with Crippen molar-refractivity contribution >= 4 is 5.91 Å². The zero-order chi connectivity index (χ0) is 14.4. The van der Waals surface area contributed by atoms with Crippen molar-refractivity contribution < 1.29 is 9.90 Å². The highest BCUT2D eigenvalue weighted by Crippen LogP contribution is 2.17. The minimum Gasteiger partial charge on any atom is -0.396 e. The summed E-state index contributed by atoms with van der Waals surface area (Å²) in [6.45, 7) is 1.99. The first-order valence-electron chi connectivity index (χ1n) is 6.74. The third kappa shape index (κ3) is 3.68. The van der Waals surface area contributed by atoms with Gasteiger partial charge < -0.3 is 10.4 Å². The SMILES string of the molecule is Cc1cccc(C(=O)NC(CCO)c2ccccc2)c1. The van der Waals surface area contributed by atoms with Crippen LogP contribution in [-0.4, -0.2) is 17.6 Å². The van der Waals surface area contributed by atoms with Crippen molar-refractivity contribution in [3.8, 4) is 0 Å². The molecule has 0 heterocycles. The number of amides is 1. The lowest BCUT2D eigenvalue weighted by Crippen LogP contribution is -2.29. The van der Waals surface area contributed by atoms with Crippen LogP contribution in [0.1, 0.15) is 33.9 Å². The molecule has 104 valence electrons. The number of rotatable bonds is 5. The summed E-state index contributed by atoms with van der Waals surface area (Å²) in [5.74, 6) is -0.115. The normalized spacial score (nSPS) is 11.9. The average Bonchev–Trinajstić information content (AvgIpc) is 2.47. The van der Waals surface area contributed by atoms with Gasteiger partial charge in [-0.05, 0) is 31.0 Å². The highest BCUT2D eigenvalue weighted by Gasteiger charge is 2.15. The molecule has 0 spiro atoms. The van der Waals surface area contributed by atoms with Crippen LogP contribution in [0, 0.1) is 6.92 Å². The van der Waals surface area contributed by atoms with Gasteiger partial charge in [0.15, 0.2) is 0 Å². The predicted molar refractivity (Wildman–Crippen MR) is 79.5 cm³/mol. The molecule has 3 nitrogen and oxygen atoms in total. The molecular weight excluding hydrogens is 250 g/mol. The van der Waals surface area contributed by atoms with Crippen molar-refractivity contribution in [2.24, 2.45) is 0 Å². The van der Waals surface area contributed by atoms with Crippen LogP contribution in [0.15, 0.2) is 54.6 Å². The van der Waals surface area contributed by atoms with E-state index in [1.54, 1.807) is 6.07 Å². The molecule has 20 heavy (non-hydrogen) atoms. The molecular formula is C17H19NO2. The maximum absolute atomic E-state index is 12.3. The van der Waals surface area contributed by atoms with Crippen molar-refractivity contribution in [3.05, 3.63) is 71.3 Å². The van der Waals surface area contributed by atoms with Crippen LogP contribution >= 0.6 is 0 Å². The van der Waals surface area contributed by atoms with E-state index in [-0.39, 0.29) is 18.6 Å². The van der Waals surface area contributed by atoms with Gasteiger partial charge in [0, 0.05) is 12.2 Å². The van der Waals surface area contributed by atoms with E-state index in [9.17, 15) is 9.90 Å². The average molecular weight is 269 g/mol. The Bertz CT molecular complexity index is 566. The van der Waals surface area contributed by atoms with E-state index < -0.39 is 0 Å². The second kappa shape index (κ2) is 6.87. The van der Waals surface area contributed by atoms with Gasteiger partial charge in [0.05, 0.1) is 6.04 Å². The molecule has 2 aromatic rings. The maximum atomic E-state index is 12.3. The number of aliphatic hydroxyl groups excluding tert-OH is 1. The molecule has 0 saturated heterocycles. The lowest BCUT2D eigenvalue weighted by Gasteiger charge is -2.18. The molecule has 0 fully saturated rings. The molecule has 0 radical (unpaired) electrons. The van der Waals surface area contributed by atoms with E-state index in [0.717, 1.165) is 11.1 Å². The number of benzene rings is 2. The fourth-order valence-corrected chi connectivity index (χ4v) is 2.16. The summed E-state index contributed by atoms with van der Waals surface area (Å²) in [6.07, 6.45) is 0.502. The largest absolute Gasteiger partial charge is 0.396 e. The smallest absolute Gasteiger partial charge is 0.251 e. The minimum absolute atomic E-state index is 0.0354. The zero-order valence-corrected chi connectivity index (χ0v) is 11.5. The number of aryl methyl sites for hydroxylation is 1. The van der Waals surface area contributed by atoms with Gasteiger partial charge in [0.1, 0.15) is 0 Å². The van der Waals surface area contributed by atoms with E-state index in [0.29, 0.717) is 12.0 Å². The van der Waals surface area contributed by atoms with E-state index in [4.69, 9.17) is 0 Å². The van der Waals surface area contributed by atoms with Gasteiger partial charge in [-0.3, -0.25) is 4.79 Å². The topological polar surface area (TPSA) is 49.3 Å². The minimum atomic E-state index is -0.172. The second-order valence-electron chi connectivity index (χ2n) is 4.82. The van der Waals surface area contributed by atoms with Gasteiger partial charge >= 0.3 is 0 Å². The van der Waals surface area contributed by atoms with Crippen LogP contribution in [0.25, 0.3) is 0 Å². The lowest BCUT2D eigenvalue weighted by atomic mass is 10.0. The van der Waals surface area contributed by atoms with Crippen molar-refractivity contribution in [2.75, 3.05) is 6.61 Å². The fraction of sp³-hybridized carbons (Fsp3) is 0.235. The third-order valence-electron chi connectivity index (χ3n) is 3.21. The van der Waals surface area contributed by atoms with E-state index in [1.165, 1.54) is 0 Å². The first kappa shape index (κ1) is 14.3. The zero-order valence-electron chi connectivity index (χ0n) is 11.5. The van der Waals surface area contributed by atoms with E-state index in [2.05, 4.69) is 5.32 Å². The standard InChI is InChI=1S/C17H19NO2/c1-13-6-5-9-15(12-13)17(20)18-16(10-11-19)14-7-3-2-4-8-14/h2-9,12,16,19H,10-11H2,1H3,(H,18,20). The first-order valence-corrected chi connectivity index (χ1v) is 6.74. The molecule has 0 aliphatic heterocycles. The van der Waals surface area contributed by atoms with Gasteiger partial charge in [0.25, 0.3) is 5.91 Å². The predicted octanol–water partition coefficient (Wildman–Crippen LogP) is 2.85. The summed E-state index contributed by atoms with van der Waals surface area (Å²) < 4.78 is 0. The van der Waals surface area contributed by atoms with Gasteiger partial charge in [-0.1, -0.05) is 48.0 Å². The van der Waals surface area contributed by atoms with Crippen LogP contribution < -0.4 is 5.32 Å². The quantitative estimate of drug-likeness (QED) is 0.877. The Morgan fingerprint density at radius 2 is 1.90 bits per heavy atom. The Hall–Kier alpha value is -2.13. The summed E-state index contributed by atoms with van der Waals surface area (Å²) in [5.41, 5.74) is 2.70. The number of hydrogen-bond acceptors (Lipinski definition) is 2. The first-order chi connectivity index (χ1) is 9.70. The number of carbonyl (C=O) groups is 1. The van der Waals surface area contributed by atoms with Gasteiger partial charge in [0.2, 0.25) is 0 Å². The van der Waals surface area contributed by atoms with Gasteiger partial charge in [-0.15, -0.1) is 0 Å². The fourth-order valence-electron chi connectivity index (χ4n) is 2.16. The number of hydrogen-bond donors (Lipinski definition) is 2. The van der Waals surface area contributed by atoms with Crippen LogP contribution in [-0.2, 0) is 0 Å². The molecule has 0 aromatic heterocycles. The van der Waals surface area contributed by atoms with E-state index >= 15 is 0 Å². The summed E-state index contributed by atoms with van der Waals surface area (Å²) in [5, 5.41) is 12.2. The van der Waals surface area contributed by atoms with Crippen molar-refractivity contribution in [3.63, 3.8) is 0 Å². The third-order valence-corrected chi connectivity index (χ3v) is 3.21. The Morgan fingerprint density at radius 3 is 2.55 bits per heavy atom. The molecule has 3 heteroatoms.